The van der Waals surface area contributed by atoms with Gasteiger partial charge in [0.1, 0.15) is 17.8 Å². The molecule has 4 heteroatoms. The van der Waals surface area contributed by atoms with Crippen molar-refractivity contribution in [1.82, 2.24) is 0 Å². The van der Waals surface area contributed by atoms with E-state index in [1.54, 1.807) is 18.2 Å². The zero-order chi connectivity index (χ0) is 15.1. The summed E-state index contributed by atoms with van der Waals surface area (Å²) in [5.74, 6) is 1.46. The van der Waals surface area contributed by atoms with Gasteiger partial charge in [0.25, 0.3) is 0 Å². The first kappa shape index (κ1) is 14.9. The van der Waals surface area contributed by atoms with Crippen LogP contribution in [-0.4, -0.2) is 19.5 Å². The van der Waals surface area contributed by atoms with Crippen LogP contribution >= 0.6 is 0 Å². The zero-order valence-electron chi connectivity index (χ0n) is 12.0. The Balaban J connectivity index is 1.73. The molecule has 0 bridgehead atoms. The number of hydrogen-bond acceptors (Lipinski definition) is 4. The summed E-state index contributed by atoms with van der Waals surface area (Å²) in [6, 6.07) is 12.9. The molecule has 21 heavy (non-hydrogen) atoms. The quantitative estimate of drug-likeness (QED) is 0.482. The minimum atomic E-state index is 0.471. The van der Waals surface area contributed by atoms with Crippen molar-refractivity contribution in [3.8, 4) is 11.5 Å². The summed E-state index contributed by atoms with van der Waals surface area (Å²) >= 11 is 0. The summed E-state index contributed by atoms with van der Waals surface area (Å²) in [4.78, 5) is 10.6. The van der Waals surface area contributed by atoms with E-state index in [4.69, 9.17) is 15.2 Å². The van der Waals surface area contributed by atoms with Crippen molar-refractivity contribution in [2.45, 2.75) is 13.3 Å². The van der Waals surface area contributed by atoms with Gasteiger partial charge in [-0.05, 0) is 42.8 Å². The van der Waals surface area contributed by atoms with Crippen LogP contribution in [0, 0.1) is 6.92 Å². The fraction of sp³-hybridized carbons (Fsp3) is 0.235. The monoisotopic (exact) mass is 285 g/mol. The Morgan fingerprint density at radius 3 is 2.62 bits per heavy atom. The first-order valence-electron chi connectivity index (χ1n) is 6.86. The van der Waals surface area contributed by atoms with Crippen molar-refractivity contribution in [3.05, 3.63) is 53.6 Å². The highest BCUT2D eigenvalue weighted by Gasteiger charge is 2.02. The minimum absolute atomic E-state index is 0.471. The lowest BCUT2D eigenvalue weighted by Crippen LogP contribution is -2.06. The van der Waals surface area contributed by atoms with Crippen LogP contribution in [0.1, 0.15) is 22.3 Å². The van der Waals surface area contributed by atoms with Gasteiger partial charge in [0.05, 0.1) is 18.9 Å². The minimum Gasteiger partial charge on any atom is -0.493 e. The van der Waals surface area contributed by atoms with Gasteiger partial charge in [-0.15, -0.1) is 0 Å². The van der Waals surface area contributed by atoms with Gasteiger partial charge >= 0.3 is 0 Å². The zero-order valence-corrected chi connectivity index (χ0v) is 12.0. The van der Waals surface area contributed by atoms with Gasteiger partial charge in [0.15, 0.2) is 0 Å². The fourth-order valence-corrected chi connectivity index (χ4v) is 1.91. The van der Waals surface area contributed by atoms with E-state index in [0.29, 0.717) is 30.2 Å². The predicted molar refractivity (Wildman–Crippen MR) is 83.0 cm³/mol. The molecule has 0 aliphatic rings. The summed E-state index contributed by atoms with van der Waals surface area (Å²) in [5, 5.41) is 0. The van der Waals surface area contributed by atoms with Crippen LogP contribution in [0.4, 0.5) is 5.69 Å². The Hall–Kier alpha value is -2.49. The van der Waals surface area contributed by atoms with Gasteiger partial charge in [-0.1, -0.05) is 12.1 Å². The molecule has 2 N–H and O–H groups in total. The number of hydrogen-bond donors (Lipinski definition) is 1. The number of aldehydes is 1. The Bertz CT molecular complexity index is 611. The maximum atomic E-state index is 10.6. The molecule has 0 fully saturated rings. The van der Waals surface area contributed by atoms with Crippen molar-refractivity contribution in [2.24, 2.45) is 0 Å². The summed E-state index contributed by atoms with van der Waals surface area (Å²) in [6.45, 7) is 3.12. The third kappa shape index (κ3) is 4.53. The number of ether oxygens (including phenoxy) is 2. The number of benzene rings is 2. The van der Waals surface area contributed by atoms with Crippen LogP contribution in [-0.2, 0) is 0 Å². The van der Waals surface area contributed by atoms with Crippen LogP contribution in [0.2, 0.25) is 0 Å². The van der Waals surface area contributed by atoms with Crippen LogP contribution in [0.15, 0.2) is 42.5 Å². The number of anilines is 1. The summed E-state index contributed by atoms with van der Waals surface area (Å²) in [7, 11) is 0. The molecule has 0 atom stereocenters. The van der Waals surface area contributed by atoms with Gasteiger partial charge in [-0.25, -0.2) is 0 Å². The Morgan fingerprint density at radius 1 is 1.10 bits per heavy atom. The molecule has 2 aromatic rings. The van der Waals surface area contributed by atoms with Gasteiger partial charge in [0.2, 0.25) is 0 Å². The molecule has 0 unspecified atom stereocenters. The van der Waals surface area contributed by atoms with Gasteiger partial charge in [-0.2, -0.15) is 0 Å². The molecular formula is C17H19NO3. The number of carbonyl (C=O) groups is 1. The molecule has 0 saturated heterocycles. The van der Waals surface area contributed by atoms with E-state index in [9.17, 15) is 4.79 Å². The molecule has 0 spiro atoms. The molecule has 2 aromatic carbocycles. The van der Waals surface area contributed by atoms with Crippen LogP contribution in [0.25, 0.3) is 0 Å². The second-order valence-electron chi connectivity index (χ2n) is 4.78. The SMILES string of the molecule is Cc1cccc(OCCCOc2ccc(C=O)cc2N)c1. The Labute approximate surface area is 124 Å². The standard InChI is InChI=1S/C17H19NO3/c1-13-4-2-5-15(10-13)20-8-3-9-21-17-7-6-14(12-19)11-16(17)18/h2,4-7,10-12H,3,8-9,18H2,1H3. The highest BCUT2D eigenvalue weighted by Crippen LogP contribution is 2.22. The van der Waals surface area contributed by atoms with E-state index in [2.05, 4.69) is 0 Å². The highest BCUT2D eigenvalue weighted by molar-refractivity contribution is 5.78. The maximum absolute atomic E-state index is 10.6. The van der Waals surface area contributed by atoms with E-state index in [1.807, 2.05) is 31.2 Å². The molecule has 0 amide bonds. The maximum Gasteiger partial charge on any atom is 0.150 e. The second-order valence-corrected chi connectivity index (χ2v) is 4.78. The van der Waals surface area contributed by atoms with Crippen LogP contribution in [0.3, 0.4) is 0 Å². The molecule has 0 aliphatic heterocycles. The average Bonchev–Trinajstić information content (AvgIpc) is 2.48. The van der Waals surface area contributed by atoms with E-state index in [0.717, 1.165) is 18.5 Å². The van der Waals surface area contributed by atoms with Crippen molar-refractivity contribution in [3.63, 3.8) is 0 Å². The van der Waals surface area contributed by atoms with Crippen LogP contribution < -0.4 is 15.2 Å². The van der Waals surface area contributed by atoms with Gasteiger partial charge in [-0.3, -0.25) is 4.79 Å². The summed E-state index contributed by atoms with van der Waals surface area (Å²) < 4.78 is 11.2. The second kappa shape index (κ2) is 7.33. The number of aryl methyl sites for hydroxylation is 1. The predicted octanol–water partition coefficient (Wildman–Crippen LogP) is 3.24. The average molecular weight is 285 g/mol. The molecule has 110 valence electrons. The molecule has 4 nitrogen and oxygen atoms in total. The first-order valence-corrected chi connectivity index (χ1v) is 6.86. The third-order valence-corrected chi connectivity index (χ3v) is 2.97. The van der Waals surface area contributed by atoms with Gasteiger partial charge in [0, 0.05) is 12.0 Å². The highest BCUT2D eigenvalue weighted by atomic mass is 16.5. The van der Waals surface area contributed by atoms with Crippen LogP contribution in [0.5, 0.6) is 11.5 Å². The first-order chi connectivity index (χ1) is 10.2. The lowest BCUT2D eigenvalue weighted by Gasteiger charge is -2.10. The van der Waals surface area contributed by atoms with Crippen molar-refractivity contribution in [2.75, 3.05) is 18.9 Å². The molecule has 0 aliphatic carbocycles. The van der Waals surface area contributed by atoms with Crippen molar-refractivity contribution in [1.29, 1.82) is 0 Å². The normalized spacial score (nSPS) is 10.1. The molecule has 0 aromatic heterocycles. The molecule has 2 rings (SSSR count). The largest absolute Gasteiger partial charge is 0.493 e. The lowest BCUT2D eigenvalue weighted by molar-refractivity contribution is 0.112. The Kier molecular flexibility index (Phi) is 5.21. The third-order valence-electron chi connectivity index (χ3n) is 2.97. The molecule has 0 heterocycles. The molecule has 0 radical (unpaired) electrons. The number of rotatable bonds is 7. The van der Waals surface area contributed by atoms with Crippen molar-refractivity contribution >= 4 is 12.0 Å². The fourth-order valence-electron chi connectivity index (χ4n) is 1.91. The summed E-state index contributed by atoms with van der Waals surface area (Å²) in [6.07, 6.45) is 1.51. The smallest absolute Gasteiger partial charge is 0.150 e. The topological polar surface area (TPSA) is 61.5 Å². The number of nitrogen functional groups attached to an aromatic ring is 1. The lowest BCUT2D eigenvalue weighted by atomic mass is 10.2. The molecule has 0 saturated carbocycles. The number of nitrogens with two attached hydrogens (primary N) is 1. The van der Waals surface area contributed by atoms with E-state index in [-0.39, 0.29) is 0 Å². The van der Waals surface area contributed by atoms with E-state index in [1.165, 1.54) is 5.56 Å². The van der Waals surface area contributed by atoms with E-state index >= 15 is 0 Å². The van der Waals surface area contributed by atoms with E-state index < -0.39 is 0 Å². The Morgan fingerprint density at radius 2 is 1.90 bits per heavy atom. The van der Waals surface area contributed by atoms with Gasteiger partial charge < -0.3 is 15.2 Å². The number of carbonyl (C=O) groups excluding carboxylic acids is 1. The summed E-state index contributed by atoms with van der Waals surface area (Å²) in [5.41, 5.74) is 7.99. The molecular weight excluding hydrogens is 266 g/mol. The van der Waals surface area contributed by atoms with Crippen molar-refractivity contribution < 1.29 is 14.3 Å².